The van der Waals surface area contributed by atoms with Gasteiger partial charge < -0.3 is 0 Å². The van der Waals surface area contributed by atoms with E-state index in [4.69, 9.17) is 0 Å². The lowest BCUT2D eigenvalue weighted by Gasteiger charge is -2.33. The normalized spacial score (nSPS) is 17.9. The molecule has 0 fully saturated rings. The molecule has 0 amide bonds. The smallest absolute Gasteiger partial charge is 0.0671 e. The largest absolute Gasteiger partial charge is 0.0740 e. The fraction of sp³-hybridized carbons (Fsp3) is 0.474. The highest BCUT2D eigenvalue weighted by atomic mass is 28.3. The van der Waals surface area contributed by atoms with Crippen molar-refractivity contribution in [1.82, 2.24) is 0 Å². The Morgan fingerprint density at radius 3 is 1.38 bits per heavy atom. The Labute approximate surface area is 133 Å². The third-order valence-electron chi connectivity index (χ3n) is 4.70. The Hall–Kier alpha value is -0.866. The van der Waals surface area contributed by atoms with E-state index in [2.05, 4.69) is 83.5 Å². The summed E-state index contributed by atoms with van der Waals surface area (Å²) in [5.41, 5.74) is 4.70. The van der Waals surface area contributed by atoms with Crippen molar-refractivity contribution >= 4 is 16.1 Å². The van der Waals surface area contributed by atoms with Crippen LogP contribution >= 0.6 is 0 Å². The molecule has 0 aromatic heterocycles. The fourth-order valence-corrected chi connectivity index (χ4v) is 9.07. The van der Waals surface area contributed by atoms with Crippen LogP contribution in [0.4, 0.5) is 0 Å². The van der Waals surface area contributed by atoms with Crippen molar-refractivity contribution in [3.05, 3.63) is 57.4 Å². The fourth-order valence-electron chi connectivity index (χ4n) is 3.95. The van der Waals surface area contributed by atoms with Gasteiger partial charge in [0.15, 0.2) is 0 Å². The van der Waals surface area contributed by atoms with E-state index in [-0.39, 0.29) is 0 Å². The summed E-state index contributed by atoms with van der Waals surface area (Å²) in [7, 11) is -2.67. The van der Waals surface area contributed by atoms with Gasteiger partial charge in [0, 0.05) is 5.92 Å². The Kier molecular flexibility index (Phi) is 4.24. The highest BCUT2D eigenvalue weighted by Gasteiger charge is 2.41. The van der Waals surface area contributed by atoms with Crippen LogP contribution < -0.4 is 0 Å². The first-order chi connectivity index (χ1) is 9.55. The summed E-state index contributed by atoms with van der Waals surface area (Å²) in [5, 5.41) is 3.53. The maximum atomic E-state index is 2.50. The molecule has 1 aliphatic rings. The van der Waals surface area contributed by atoms with Gasteiger partial charge in [-0.3, -0.25) is 0 Å². The summed E-state index contributed by atoms with van der Waals surface area (Å²) in [6.07, 6.45) is 0. The Morgan fingerprint density at radius 1 is 0.667 bits per heavy atom. The molecule has 0 saturated heterocycles. The summed E-state index contributed by atoms with van der Waals surface area (Å²) in [6.45, 7) is 19.7. The van der Waals surface area contributed by atoms with E-state index in [9.17, 15) is 0 Å². The van der Waals surface area contributed by atoms with Crippen LogP contribution in [0.15, 0.2) is 51.9 Å². The number of benzene rings is 1. The monoisotopic (exact) mass is 314 g/mol. The van der Waals surface area contributed by atoms with Gasteiger partial charge >= 0.3 is 0 Å². The minimum absolute atomic E-state index is 0.560. The average Bonchev–Trinajstić information content (AvgIpc) is 2.62. The van der Waals surface area contributed by atoms with Crippen LogP contribution in [0.2, 0.25) is 39.3 Å². The minimum atomic E-state index is -1.34. The van der Waals surface area contributed by atoms with E-state index in [1.54, 1.807) is 21.5 Å². The SMILES string of the molecule is CC1=C([Si](C)(C)C)C(c2ccccc2)C([Si](C)(C)C)=C1C. The number of rotatable bonds is 3. The molecule has 0 radical (unpaired) electrons. The van der Waals surface area contributed by atoms with Crippen molar-refractivity contribution in [2.75, 3.05) is 0 Å². The van der Waals surface area contributed by atoms with Gasteiger partial charge in [-0.05, 0) is 19.4 Å². The molecule has 1 aromatic carbocycles. The lowest BCUT2D eigenvalue weighted by atomic mass is 10.00. The summed E-state index contributed by atoms with van der Waals surface area (Å²) >= 11 is 0. The summed E-state index contributed by atoms with van der Waals surface area (Å²) < 4.78 is 0. The van der Waals surface area contributed by atoms with Gasteiger partial charge in [0.25, 0.3) is 0 Å². The zero-order valence-corrected chi connectivity index (χ0v) is 17.0. The van der Waals surface area contributed by atoms with Crippen LogP contribution in [0.5, 0.6) is 0 Å². The van der Waals surface area contributed by atoms with E-state index in [0.717, 1.165) is 0 Å². The van der Waals surface area contributed by atoms with Crippen LogP contribution in [0.1, 0.15) is 25.3 Å². The molecular formula is C19H30Si2. The van der Waals surface area contributed by atoms with Crippen LogP contribution in [-0.2, 0) is 0 Å². The van der Waals surface area contributed by atoms with Crippen molar-refractivity contribution in [2.45, 2.75) is 59.0 Å². The molecule has 0 aliphatic heterocycles. The lowest BCUT2D eigenvalue weighted by Crippen LogP contribution is -2.33. The maximum Gasteiger partial charge on any atom is 0.0740 e. The van der Waals surface area contributed by atoms with E-state index in [1.165, 1.54) is 5.56 Å². The van der Waals surface area contributed by atoms with E-state index in [0.29, 0.717) is 5.92 Å². The Morgan fingerprint density at radius 2 is 1.05 bits per heavy atom. The van der Waals surface area contributed by atoms with Crippen LogP contribution in [0, 0.1) is 0 Å². The van der Waals surface area contributed by atoms with Gasteiger partial charge in [-0.1, -0.05) is 91.2 Å². The second kappa shape index (κ2) is 5.40. The standard InChI is InChI=1S/C19H30Si2/c1-14-15(2)19(21(6,7)8)17(18(14)20(3,4)5)16-12-10-9-11-13-16/h9-13,17H,1-8H3. The number of hydrogen-bond donors (Lipinski definition) is 0. The van der Waals surface area contributed by atoms with Gasteiger partial charge in [-0.15, -0.1) is 0 Å². The molecule has 0 N–H and O–H groups in total. The zero-order valence-electron chi connectivity index (χ0n) is 15.0. The van der Waals surface area contributed by atoms with E-state index in [1.807, 2.05) is 0 Å². The molecule has 0 nitrogen and oxygen atoms in total. The van der Waals surface area contributed by atoms with Crippen LogP contribution in [0.25, 0.3) is 0 Å². The molecule has 0 unspecified atom stereocenters. The molecule has 2 heteroatoms. The molecule has 0 bridgehead atoms. The van der Waals surface area contributed by atoms with E-state index < -0.39 is 16.1 Å². The molecule has 0 atom stereocenters. The lowest BCUT2D eigenvalue weighted by molar-refractivity contribution is 1.02. The highest BCUT2D eigenvalue weighted by Crippen LogP contribution is 2.50. The second-order valence-corrected chi connectivity index (χ2v) is 18.5. The highest BCUT2D eigenvalue weighted by molar-refractivity contribution is 6.86. The molecule has 0 heterocycles. The molecule has 0 spiro atoms. The Balaban J connectivity index is 2.70. The first-order valence-electron chi connectivity index (χ1n) is 8.03. The number of allylic oxidation sites excluding steroid dienone is 4. The minimum Gasteiger partial charge on any atom is -0.0671 e. The number of hydrogen-bond acceptors (Lipinski definition) is 0. The predicted octanol–water partition coefficient (Wildman–Crippen LogP) is 6.17. The average molecular weight is 315 g/mol. The third kappa shape index (κ3) is 3.02. The molecule has 114 valence electrons. The van der Waals surface area contributed by atoms with Gasteiger partial charge in [0.05, 0.1) is 16.1 Å². The maximum absolute atomic E-state index is 2.50. The molecule has 0 saturated carbocycles. The zero-order chi connectivity index (χ0) is 16.0. The predicted molar refractivity (Wildman–Crippen MR) is 101 cm³/mol. The topological polar surface area (TPSA) is 0 Å². The Bertz CT molecular complexity index is 557. The van der Waals surface area contributed by atoms with Gasteiger partial charge in [0.2, 0.25) is 0 Å². The molecule has 1 aliphatic carbocycles. The summed E-state index contributed by atoms with van der Waals surface area (Å²) in [6, 6.07) is 11.2. The van der Waals surface area contributed by atoms with Crippen molar-refractivity contribution < 1.29 is 0 Å². The molecule has 2 rings (SSSR count). The van der Waals surface area contributed by atoms with Crippen molar-refractivity contribution in [3.8, 4) is 0 Å². The first-order valence-corrected chi connectivity index (χ1v) is 15.0. The van der Waals surface area contributed by atoms with Gasteiger partial charge in [0.1, 0.15) is 0 Å². The van der Waals surface area contributed by atoms with E-state index >= 15 is 0 Å². The third-order valence-corrected chi connectivity index (χ3v) is 9.26. The molecular weight excluding hydrogens is 284 g/mol. The van der Waals surface area contributed by atoms with Crippen molar-refractivity contribution in [2.24, 2.45) is 0 Å². The molecule has 21 heavy (non-hydrogen) atoms. The van der Waals surface area contributed by atoms with Crippen molar-refractivity contribution in [3.63, 3.8) is 0 Å². The summed E-state index contributed by atoms with van der Waals surface area (Å²) in [4.78, 5) is 0. The van der Waals surface area contributed by atoms with Gasteiger partial charge in [-0.25, -0.2) is 0 Å². The van der Waals surface area contributed by atoms with Crippen LogP contribution in [-0.4, -0.2) is 16.1 Å². The van der Waals surface area contributed by atoms with Crippen LogP contribution in [0.3, 0.4) is 0 Å². The quantitative estimate of drug-likeness (QED) is 0.585. The second-order valence-electron chi connectivity index (χ2n) is 8.42. The van der Waals surface area contributed by atoms with Crippen molar-refractivity contribution in [1.29, 1.82) is 0 Å². The first kappa shape index (κ1) is 16.5. The van der Waals surface area contributed by atoms with Gasteiger partial charge in [-0.2, -0.15) is 0 Å². The molecule has 1 aromatic rings. The summed E-state index contributed by atoms with van der Waals surface area (Å²) in [5.74, 6) is 0.560.